The molecule has 0 saturated carbocycles. The van der Waals surface area contributed by atoms with Gasteiger partial charge in [-0.2, -0.15) is 4.68 Å². The van der Waals surface area contributed by atoms with Crippen molar-refractivity contribution in [3.63, 3.8) is 0 Å². The number of para-hydroxylation sites is 1. The van der Waals surface area contributed by atoms with E-state index in [1.807, 2.05) is 0 Å². The molecule has 0 aliphatic rings. The van der Waals surface area contributed by atoms with E-state index in [4.69, 9.17) is 5.11 Å². The van der Waals surface area contributed by atoms with E-state index in [1.54, 1.807) is 24.3 Å². The number of aromatic amines is 1. The molecule has 0 unspecified atom stereocenters. The highest BCUT2D eigenvalue weighted by Gasteiger charge is 2.22. The van der Waals surface area contributed by atoms with E-state index in [0.29, 0.717) is 10.9 Å². The van der Waals surface area contributed by atoms with Crippen LogP contribution in [0, 0.1) is 0 Å². The number of aromatic nitrogens is 2. The number of H-pyrrole nitrogens is 1. The molecule has 3 aromatic rings. The molecule has 0 amide bonds. The molecule has 18 heavy (non-hydrogen) atoms. The Morgan fingerprint density at radius 2 is 1.89 bits per heavy atom. The zero-order chi connectivity index (χ0) is 12.9. The summed E-state index contributed by atoms with van der Waals surface area (Å²) in [6.07, 6.45) is 0. The van der Waals surface area contributed by atoms with E-state index in [2.05, 4.69) is 10.4 Å². The fraction of sp³-hybridized carbons (Fsp3) is 0. The number of rotatable bonds is 3. The van der Waals surface area contributed by atoms with Crippen LogP contribution in [0.1, 0.15) is 10.5 Å². The van der Waals surface area contributed by atoms with Gasteiger partial charge in [-0.05, 0) is 6.07 Å². The van der Waals surface area contributed by atoms with Crippen LogP contribution in [-0.2, 0) is 0 Å². The average molecular weight is 245 g/mol. The Labute approximate surface area is 98.9 Å². The molecular weight excluding hydrogens is 238 g/mol. The summed E-state index contributed by atoms with van der Waals surface area (Å²) in [5, 5.41) is 9.67. The highest BCUT2D eigenvalue weighted by atomic mass is 16.4. The lowest BCUT2D eigenvalue weighted by Crippen LogP contribution is -2.11. The summed E-state index contributed by atoms with van der Waals surface area (Å²) < 4.78 is 0.766. The van der Waals surface area contributed by atoms with E-state index in [-0.39, 0.29) is 11.4 Å². The third kappa shape index (κ3) is 1.34. The highest BCUT2D eigenvalue weighted by molar-refractivity contribution is 6.05. The van der Waals surface area contributed by atoms with Crippen molar-refractivity contribution < 1.29 is 9.90 Å². The summed E-state index contributed by atoms with van der Waals surface area (Å²) in [5.74, 6) is -1.17. The first-order chi connectivity index (χ1) is 8.59. The molecule has 0 fully saturated rings. The number of carboxylic acid groups (broad SMARTS) is 1. The second-order valence-electron chi connectivity index (χ2n) is 3.78. The second-order valence-corrected chi connectivity index (χ2v) is 3.78. The number of anilines is 1. The van der Waals surface area contributed by atoms with Gasteiger partial charge >= 0.3 is 17.1 Å². The van der Waals surface area contributed by atoms with E-state index in [1.165, 1.54) is 0 Å². The maximum absolute atomic E-state index is 11.1. The van der Waals surface area contributed by atoms with Gasteiger partial charge in [-0.1, -0.05) is 18.2 Å². The third-order valence-electron chi connectivity index (χ3n) is 2.68. The molecule has 7 heteroatoms. The van der Waals surface area contributed by atoms with Crippen molar-refractivity contribution >= 4 is 22.6 Å². The van der Waals surface area contributed by atoms with Gasteiger partial charge < -0.3 is 10.1 Å². The molecule has 2 heterocycles. The monoisotopic (exact) mass is 245 g/mol. The minimum atomic E-state index is -1.17. The van der Waals surface area contributed by atoms with Gasteiger partial charge in [0.25, 0.3) is 0 Å². The first kappa shape index (κ1) is 10.3. The summed E-state index contributed by atoms with van der Waals surface area (Å²) in [7, 11) is 0. The van der Waals surface area contributed by atoms with Gasteiger partial charge in [0.05, 0.1) is 5.69 Å². The molecular formula is C11H7N3O4. The standard InChI is InChI=1S/C11H7N3O4/c15-9-10(16)14(9)13-7-5-3-1-2-4-6(5)12-8(7)11(17)18/h1-4,12-13H,(H,17,18). The van der Waals surface area contributed by atoms with Crippen molar-refractivity contribution in [2.75, 3.05) is 5.43 Å². The number of nitrogens with zero attached hydrogens (tertiary/aromatic N) is 1. The maximum Gasteiger partial charge on any atom is 0.354 e. The number of benzene rings is 1. The Kier molecular flexibility index (Phi) is 1.91. The number of nitrogens with one attached hydrogen (secondary N) is 2. The first-order valence-electron chi connectivity index (χ1n) is 5.08. The van der Waals surface area contributed by atoms with Crippen LogP contribution in [0.2, 0.25) is 0 Å². The highest BCUT2D eigenvalue weighted by Crippen LogP contribution is 2.27. The summed E-state index contributed by atoms with van der Waals surface area (Å²) in [6.45, 7) is 0. The fourth-order valence-corrected chi connectivity index (χ4v) is 1.77. The summed E-state index contributed by atoms with van der Waals surface area (Å²) in [4.78, 5) is 35.6. The van der Waals surface area contributed by atoms with Crippen LogP contribution in [0.5, 0.6) is 0 Å². The van der Waals surface area contributed by atoms with Gasteiger partial charge in [-0.25, -0.2) is 4.79 Å². The Hall–Kier alpha value is -2.83. The Morgan fingerprint density at radius 3 is 2.50 bits per heavy atom. The smallest absolute Gasteiger partial charge is 0.354 e. The SMILES string of the molecule is O=C(O)c1[nH]c2ccccc2c1Nn1c(=O)c1=O. The predicted octanol–water partition coefficient (Wildman–Crippen LogP) is 0.139. The number of carbonyl (C=O) groups is 1. The van der Waals surface area contributed by atoms with Crippen molar-refractivity contribution in [3.8, 4) is 0 Å². The van der Waals surface area contributed by atoms with Crippen molar-refractivity contribution in [3.05, 3.63) is 50.7 Å². The van der Waals surface area contributed by atoms with Crippen molar-refractivity contribution in [1.29, 1.82) is 0 Å². The lowest BCUT2D eigenvalue weighted by molar-refractivity contribution is 0.0692. The number of aromatic carboxylic acids is 1. The lowest BCUT2D eigenvalue weighted by Gasteiger charge is -2.00. The summed E-state index contributed by atoms with van der Waals surface area (Å²) >= 11 is 0. The van der Waals surface area contributed by atoms with Crippen LogP contribution < -0.4 is 16.5 Å². The van der Waals surface area contributed by atoms with Crippen LogP contribution in [0.3, 0.4) is 0 Å². The molecule has 2 aromatic heterocycles. The maximum atomic E-state index is 11.1. The van der Waals surface area contributed by atoms with Crippen molar-refractivity contribution in [2.24, 2.45) is 0 Å². The molecule has 0 aliphatic heterocycles. The van der Waals surface area contributed by atoms with Crippen LogP contribution in [0.4, 0.5) is 5.69 Å². The molecule has 0 saturated heterocycles. The summed E-state index contributed by atoms with van der Waals surface area (Å²) in [6, 6.07) is 6.89. The molecule has 1 aromatic carbocycles. The van der Waals surface area contributed by atoms with E-state index >= 15 is 0 Å². The summed E-state index contributed by atoms with van der Waals surface area (Å²) in [5.41, 5.74) is 1.87. The van der Waals surface area contributed by atoms with Gasteiger partial charge in [0.15, 0.2) is 5.69 Å². The Morgan fingerprint density at radius 1 is 1.22 bits per heavy atom. The molecule has 0 radical (unpaired) electrons. The molecule has 0 aliphatic carbocycles. The van der Waals surface area contributed by atoms with Gasteiger partial charge in [-0.3, -0.25) is 15.0 Å². The zero-order valence-corrected chi connectivity index (χ0v) is 8.93. The molecule has 7 nitrogen and oxygen atoms in total. The number of fused-ring (bicyclic) bond motifs is 1. The van der Waals surface area contributed by atoms with Gasteiger partial charge in [0, 0.05) is 10.9 Å². The molecule has 90 valence electrons. The van der Waals surface area contributed by atoms with Crippen molar-refractivity contribution in [2.45, 2.75) is 0 Å². The molecule has 0 atom stereocenters. The first-order valence-corrected chi connectivity index (χ1v) is 5.08. The van der Waals surface area contributed by atoms with E-state index in [9.17, 15) is 14.4 Å². The second kappa shape index (κ2) is 3.33. The Bertz CT molecular complexity index is 810. The Balaban J connectivity index is 2.21. The van der Waals surface area contributed by atoms with Gasteiger partial charge in [-0.15, -0.1) is 0 Å². The van der Waals surface area contributed by atoms with E-state index < -0.39 is 17.1 Å². The molecule has 3 rings (SSSR count). The largest absolute Gasteiger partial charge is 0.477 e. The number of carboxylic acids is 1. The van der Waals surface area contributed by atoms with Gasteiger partial charge in [0.2, 0.25) is 0 Å². The van der Waals surface area contributed by atoms with Crippen LogP contribution in [-0.4, -0.2) is 20.7 Å². The average Bonchev–Trinajstić information content (AvgIpc) is 2.77. The predicted molar refractivity (Wildman–Crippen MR) is 63.6 cm³/mol. The normalized spacial score (nSPS) is 11.1. The van der Waals surface area contributed by atoms with Crippen LogP contribution in [0.15, 0.2) is 33.9 Å². The van der Waals surface area contributed by atoms with E-state index in [0.717, 1.165) is 4.68 Å². The molecule has 0 bridgehead atoms. The minimum absolute atomic E-state index is 0.0938. The van der Waals surface area contributed by atoms with Gasteiger partial charge in [0.1, 0.15) is 0 Å². The fourth-order valence-electron chi connectivity index (χ4n) is 1.77. The third-order valence-corrected chi connectivity index (χ3v) is 2.68. The number of hydrogen-bond acceptors (Lipinski definition) is 4. The number of hydrogen-bond donors (Lipinski definition) is 3. The topological polar surface area (TPSA) is 104 Å². The lowest BCUT2D eigenvalue weighted by atomic mass is 10.2. The molecule has 3 N–H and O–H groups in total. The molecule has 0 spiro atoms. The van der Waals surface area contributed by atoms with Crippen LogP contribution in [0.25, 0.3) is 10.9 Å². The van der Waals surface area contributed by atoms with Crippen molar-refractivity contribution in [1.82, 2.24) is 9.66 Å². The quantitative estimate of drug-likeness (QED) is 0.569. The zero-order valence-electron chi connectivity index (χ0n) is 8.93. The minimum Gasteiger partial charge on any atom is -0.477 e. The van der Waals surface area contributed by atoms with Crippen LogP contribution >= 0.6 is 0 Å².